The predicted molar refractivity (Wildman–Crippen MR) is 110 cm³/mol. The van der Waals surface area contributed by atoms with Crippen molar-refractivity contribution in [2.45, 2.75) is 51.6 Å². The second-order valence-corrected chi connectivity index (χ2v) is 9.35. The number of rotatable bonds is 2. The van der Waals surface area contributed by atoms with Crippen LogP contribution in [0.4, 0.5) is 13.2 Å². The Morgan fingerprint density at radius 2 is 1.72 bits per heavy atom. The Morgan fingerprint density at radius 3 is 2.24 bits per heavy atom. The molecule has 1 aromatic carbocycles. The van der Waals surface area contributed by atoms with Gasteiger partial charge < -0.3 is 9.80 Å². The number of alkyl halides is 3. The molecule has 2 aliphatic rings. The van der Waals surface area contributed by atoms with Crippen LogP contribution >= 0.6 is 0 Å². The molecule has 2 aliphatic heterocycles. The normalized spacial score (nSPS) is 20.0. The highest BCUT2D eigenvalue weighted by atomic mass is 19.4. The van der Waals surface area contributed by atoms with E-state index in [1.165, 1.54) is 6.07 Å². The van der Waals surface area contributed by atoms with Crippen LogP contribution in [0.3, 0.4) is 0 Å². The highest BCUT2D eigenvalue weighted by Crippen LogP contribution is 2.39. The van der Waals surface area contributed by atoms with Gasteiger partial charge in [-0.15, -0.1) is 0 Å². The topological polar surface area (TPSA) is 23.6 Å². The Hall–Kier alpha value is -1.82. The minimum absolute atomic E-state index is 0.0398. The van der Waals surface area contributed by atoms with E-state index in [0.717, 1.165) is 25.9 Å². The van der Waals surface area contributed by atoms with Crippen LogP contribution < -0.4 is 0 Å². The second-order valence-electron chi connectivity index (χ2n) is 9.35. The predicted octanol–water partition coefficient (Wildman–Crippen LogP) is 4.96. The molecular weight excluding hydrogens is 377 g/mol. The van der Waals surface area contributed by atoms with Crippen molar-refractivity contribution in [1.29, 1.82) is 0 Å². The van der Waals surface area contributed by atoms with Crippen LogP contribution in [-0.4, -0.2) is 48.9 Å². The molecule has 1 saturated heterocycles. The van der Waals surface area contributed by atoms with E-state index in [0.29, 0.717) is 30.6 Å². The number of carbonyl (C=O) groups is 1. The average Bonchev–Trinajstić information content (AvgIpc) is 2.66. The van der Waals surface area contributed by atoms with Crippen molar-refractivity contribution < 1.29 is 18.0 Å². The van der Waals surface area contributed by atoms with Gasteiger partial charge in [0.25, 0.3) is 0 Å². The Morgan fingerprint density at radius 1 is 1.07 bits per heavy atom. The Balaban J connectivity index is 1.79. The third-order valence-electron chi connectivity index (χ3n) is 6.13. The zero-order valence-corrected chi connectivity index (χ0v) is 17.8. The lowest BCUT2D eigenvalue weighted by Crippen LogP contribution is -2.43. The Kier molecular flexibility index (Phi) is 6.13. The van der Waals surface area contributed by atoms with Crippen LogP contribution in [0, 0.1) is 5.92 Å². The smallest absolute Gasteiger partial charge is 0.338 e. The number of piperidine rings is 1. The molecule has 0 N–H and O–H groups in total. The number of nitrogens with zero attached hydrogens (tertiary/aromatic N) is 2. The molecule has 3 rings (SSSR count). The van der Waals surface area contributed by atoms with Crippen LogP contribution in [0.1, 0.15) is 56.7 Å². The van der Waals surface area contributed by atoms with E-state index >= 15 is 0 Å². The molecule has 0 spiro atoms. The summed E-state index contributed by atoms with van der Waals surface area (Å²) in [5.74, 6) is 0.186. The van der Waals surface area contributed by atoms with E-state index in [1.807, 2.05) is 20.8 Å². The van der Waals surface area contributed by atoms with Crippen LogP contribution in [0.15, 0.2) is 24.3 Å². The highest BCUT2D eigenvalue weighted by Gasteiger charge is 2.36. The lowest BCUT2D eigenvalue weighted by Gasteiger charge is -2.34. The van der Waals surface area contributed by atoms with Crippen molar-refractivity contribution >= 4 is 11.5 Å². The molecule has 160 valence electrons. The summed E-state index contributed by atoms with van der Waals surface area (Å²) in [6.07, 6.45) is -0.434. The zero-order chi connectivity index (χ0) is 21.4. The number of amides is 1. The average molecular weight is 409 g/mol. The number of carbonyl (C=O) groups excluding carboxylic acids is 1. The van der Waals surface area contributed by atoms with Crippen molar-refractivity contribution in [3.8, 4) is 0 Å². The zero-order valence-electron chi connectivity index (χ0n) is 17.8. The quantitative estimate of drug-likeness (QED) is 0.691. The first-order valence-electron chi connectivity index (χ1n) is 10.4. The van der Waals surface area contributed by atoms with Crippen LogP contribution in [0.25, 0.3) is 5.57 Å². The van der Waals surface area contributed by atoms with Crippen molar-refractivity contribution in [2.24, 2.45) is 5.92 Å². The van der Waals surface area contributed by atoms with Gasteiger partial charge >= 0.3 is 6.18 Å². The molecular formula is C23H31F3N2O. The first-order valence-corrected chi connectivity index (χ1v) is 10.4. The van der Waals surface area contributed by atoms with Crippen molar-refractivity contribution in [3.63, 3.8) is 0 Å². The van der Waals surface area contributed by atoms with E-state index < -0.39 is 11.7 Å². The van der Waals surface area contributed by atoms with Gasteiger partial charge in [-0.1, -0.05) is 39.0 Å². The molecule has 0 bridgehead atoms. The highest BCUT2D eigenvalue weighted by molar-refractivity contribution is 5.81. The van der Waals surface area contributed by atoms with E-state index in [2.05, 4.69) is 11.9 Å². The maximum Gasteiger partial charge on any atom is 0.417 e. The maximum absolute atomic E-state index is 13.8. The summed E-state index contributed by atoms with van der Waals surface area (Å²) in [4.78, 5) is 16.8. The molecule has 2 heterocycles. The standard InChI is InChI=1S/C23H31F3N2O/c1-22(2,3)18-5-6-19(20(15-18)23(24,25)26)16-9-13-28(14-10-16)21(29)17-7-11-27(4)12-8-17/h5-6,9,15,17H,7-8,10-14H2,1-4H3. The molecule has 1 amide bonds. The van der Waals surface area contributed by atoms with E-state index in [1.54, 1.807) is 23.1 Å². The third-order valence-corrected chi connectivity index (χ3v) is 6.13. The summed E-state index contributed by atoms with van der Waals surface area (Å²) in [6, 6.07) is 4.68. The van der Waals surface area contributed by atoms with E-state index in [9.17, 15) is 18.0 Å². The molecule has 6 heteroatoms. The van der Waals surface area contributed by atoms with Gasteiger partial charge in [0.2, 0.25) is 5.91 Å². The van der Waals surface area contributed by atoms with Gasteiger partial charge in [-0.05, 0) is 67.6 Å². The molecule has 0 aliphatic carbocycles. The molecule has 0 aromatic heterocycles. The van der Waals surface area contributed by atoms with Gasteiger partial charge in [0.1, 0.15) is 0 Å². The number of halogens is 3. The SMILES string of the molecule is CN1CCC(C(=O)N2CC=C(c3ccc(C(C)(C)C)cc3C(F)(F)F)CC2)CC1. The monoisotopic (exact) mass is 408 g/mol. The second kappa shape index (κ2) is 8.13. The van der Waals surface area contributed by atoms with Gasteiger partial charge in [-0.25, -0.2) is 0 Å². The lowest BCUT2D eigenvalue weighted by atomic mass is 9.83. The van der Waals surface area contributed by atoms with E-state index in [-0.39, 0.29) is 22.8 Å². The molecule has 3 nitrogen and oxygen atoms in total. The maximum atomic E-state index is 13.8. The molecule has 0 saturated carbocycles. The summed E-state index contributed by atoms with van der Waals surface area (Å²) >= 11 is 0. The number of hydrogen-bond donors (Lipinski definition) is 0. The minimum Gasteiger partial charge on any atom is -0.338 e. The van der Waals surface area contributed by atoms with Gasteiger partial charge in [-0.2, -0.15) is 13.2 Å². The van der Waals surface area contributed by atoms with Gasteiger partial charge in [0.15, 0.2) is 0 Å². The van der Waals surface area contributed by atoms with Gasteiger partial charge in [0.05, 0.1) is 5.56 Å². The molecule has 29 heavy (non-hydrogen) atoms. The summed E-state index contributed by atoms with van der Waals surface area (Å²) in [6.45, 7) is 8.44. The van der Waals surface area contributed by atoms with Gasteiger partial charge in [-0.3, -0.25) is 4.79 Å². The van der Waals surface area contributed by atoms with Crippen LogP contribution in [0.5, 0.6) is 0 Å². The molecule has 1 fully saturated rings. The molecule has 0 unspecified atom stereocenters. The minimum atomic E-state index is -4.40. The fraction of sp³-hybridized carbons (Fsp3) is 0.609. The third kappa shape index (κ3) is 5.03. The fourth-order valence-corrected chi connectivity index (χ4v) is 4.15. The summed E-state index contributed by atoms with van der Waals surface area (Å²) in [5, 5.41) is 0. The Bertz CT molecular complexity index is 784. The van der Waals surface area contributed by atoms with Crippen molar-refractivity contribution in [1.82, 2.24) is 9.80 Å². The number of hydrogen-bond acceptors (Lipinski definition) is 2. The van der Waals surface area contributed by atoms with Crippen molar-refractivity contribution in [3.05, 3.63) is 41.0 Å². The van der Waals surface area contributed by atoms with Gasteiger partial charge in [0, 0.05) is 19.0 Å². The van der Waals surface area contributed by atoms with Crippen LogP contribution in [-0.2, 0) is 16.4 Å². The molecule has 0 radical (unpaired) electrons. The Labute approximate surface area is 171 Å². The van der Waals surface area contributed by atoms with Crippen LogP contribution in [0.2, 0.25) is 0 Å². The first-order chi connectivity index (χ1) is 13.5. The lowest BCUT2D eigenvalue weighted by molar-refractivity contribution is -0.138. The molecule has 1 aromatic rings. The number of likely N-dealkylation sites (tertiary alicyclic amines) is 1. The summed E-state index contributed by atoms with van der Waals surface area (Å²) in [7, 11) is 2.06. The molecule has 0 atom stereocenters. The summed E-state index contributed by atoms with van der Waals surface area (Å²) in [5.41, 5.74) is 0.675. The van der Waals surface area contributed by atoms with Crippen molar-refractivity contribution in [2.75, 3.05) is 33.2 Å². The first kappa shape index (κ1) is 21.9. The summed E-state index contributed by atoms with van der Waals surface area (Å²) < 4.78 is 41.3. The number of benzene rings is 1. The van der Waals surface area contributed by atoms with E-state index in [4.69, 9.17) is 0 Å². The fourth-order valence-electron chi connectivity index (χ4n) is 4.15. The largest absolute Gasteiger partial charge is 0.417 e.